The molecule has 0 spiro atoms. The molecule has 100 valence electrons. The van der Waals surface area contributed by atoms with Crippen molar-refractivity contribution >= 4 is 11.6 Å². The minimum atomic E-state index is -0.524. The summed E-state index contributed by atoms with van der Waals surface area (Å²) in [4.78, 5) is 11.8. The third-order valence-electron chi connectivity index (χ3n) is 2.39. The summed E-state index contributed by atoms with van der Waals surface area (Å²) in [6.45, 7) is 6.54. The van der Waals surface area contributed by atoms with Gasteiger partial charge in [0.15, 0.2) is 0 Å². The zero-order valence-electron chi connectivity index (χ0n) is 10.9. The highest BCUT2D eigenvalue weighted by Crippen LogP contribution is 2.12. The lowest BCUT2D eigenvalue weighted by molar-refractivity contribution is -0.00815. The van der Waals surface area contributed by atoms with Crippen LogP contribution in [0.15, 0.2) is 18.2 Å². The monoisotopic (exact) mass is 254 g/mol. The molecular weight excluding hydrogens is 235 g/mol. The molecule has 0 saturated carbocycles. The predicted octanol–water partition coefficient (Wildman–Crippen LogP) is 1.95. The largest absolute Gasteiger partial charge is 0.399 e. The molecule has 0 aromatic heterocycles. The van der Waals surface area contributed by atoms with E-state index in [-0.39, 0.29) is 17.2 Å². The highest BCUT2D eigenvalue weighted by Gasteiger charge is 2.19. The average Bonchev–Trinajstić information content (AvgIpc) is 2.24. The van der Waals surface area contributed by atoms with Crippen LogP contribution in [-0.2, 0) is 4.74 Å². The molecule has 1 rings (SSSR count). The number of amides is 1. The Morgan fingerprint density at radius 1 is 1.44 bits per heavy atom. The molecule has 1 aromatic rings. The zero-order chi connectivity index (χ0) is 13.8. The van der Waals surface area contributed by atoms with Gasteiger partial charge in [-0.15, -0.1) is 0 Å². The van der Waals surface area contributed by atoms with E-state index in [0.29, 0.717) is 13.2 Å². The summed E-state index contributed by atoms with van der Waals surface area (Å²) in [5.74, 6) is -0.891. The van der Waals surface area contributed by atoms with Crippen molar-refractivity contribution in [3.63, 3.8) is 0 Å². The van der Waals surface area contributed by atoms with Gasteiger partial charge in [-0.25, -0.2) is 4.39 Å². The van der Waals surface area contributed by atoms with Gasteiger partial charge in [0, 0.05) is 24.4 Å². The molecule has 4 nitrogen and oxygen atoms in total. The van der Waals surface area contributed by atoms with Gasteiger partial charge in [-0.3, -0.25) is 4.79 Å². The van der Waals surface area contributed by atoms with Crippen molar-refractivity contribution in [1.29, 1.82) is 0 Å². The van der Waals surface area contributed by atoms with Gasteiger partial charge in [-0.1, -0.05) is 0 Å². The van der Waals surface area contributed by atoms with E-state index in [4.69, 9.17) is 10.5 Å². The molecule has 0 atom stereocenters. The van der Waals surface area contributed by atoms with E-state index in [1.807, 2.05) is 20.8 Å². The lowest BCUT2D eigenvalue weighted by Gasteiger charge is -2.24. The third kappa shape index (κ3) is 4.33. The molecule has 0 aliphatic carbocycles. The lowest BCUT2D eigenvalue weighted by Crippen LogP contribution is -2.40. The average molecular weight is 254 g/mol. The van der Waals surface area contributed by atoms with Crippen molar-refractivity contribution in [3.05, 3.63) is 29.6 Å². The molecule has 0 radical (unpaired) electrons. The van der Waals surface area contributed by atoms with Gasteiger partial charge < -0.3 is 15.8 Å². The van der Waals surface area contributed by atoms with E-state index < -0.39 is 11.4 Å². The number of rotatable bonds is 5. The van der Waals surface area contributed by atoms with Crippen LogP contribution in [0.1, 0.15) is 31.1 Å². The fourth-order valence-corrected chi connectivity index (χ4v) is 1.58. The Hall–Kier alpha value is -1.62. The second-order valence-corrected chi connectivity index (χ2v) is 4.65. The van der Waals surface area contributed by atoms with Crippen LogP contribution in [0.3, 0.4) is 0 Å². The molecule has 0 saturated heterocycles. The molecule has 0 bridgehead atoms. The van der Waals surface area contributed by atoms with Crippen molar-refractivity contribution < 1.29 is 13.9 Å². The van der Waals surface area contributed by atoms with Gasteiger partial charge in [0.05, 0.1) is 5.60 Å². The van der Waals surface area contributed by atoms with E-state index in [9.17, 15) is 9.18 Å². The van der Waals surface area contributed by atoms with Gasteiger partial charge in [0.25, 0.3) is 5.91 Å². The molecule has 1 aromatic carbocycles. The summed E-state index contributed by atoms with van der Waals surface area (Å²) in [6.07, 6.45) is 0. The van der Waals surface area contributed by atoms with Gasteiger partial charge >= 0.3 is 0 Å². The first-order chi connectivity index (χ1) is 8.34. The van der Waals surface area contributed by atoms with Crippen molar-refractivity contribution in [2.75, 3.05) is 18.9 Å². The minimum absolute atomic E-state index is 0.208. The van der Waals surface area contributed by atoms with Crippen LogP contribution in [-0.4, -0.2) is 24.7 Å². The van der Waals surface area contributed by atoms with Gasteiger partial charge in [-0.05, 0) is 39.0 Å². The number of nitrogens with one attached hydrogen (secondary N) is 1. The molecule has 0 aliphatic heterocycles. The standard InChI is InChI=1S/C13H19FN2O2/c1-4-18-13(2,3)8-16-12(17)9-5-10(14)7-11(15)6-9/h5-7H,4,8,15H2,1-3H3,(H,16,17). The highest BCUT2D eigenvalue weighted by molar-refractivity contribution is 5.95. The van der Waals surface area contributed by atoms with Crippen molar-refractivity contribution in [3.8, 4) is 0 Å². The fraction of sp³-hybridized carbons (Fsp3) is 0.462. The number of nitrogens with two attached hydrogens (primary N) is 1. The quantitative estimate of drug-likeness (QED) is 0.789. The van der Waals surface area contributed by atoms with Crippen molar-refractivity contribution in [1.82, 2.24) is 5.32 Å². The number of carbonyl (C=O) groups is 1. The number of hydrogen-bond acceptors (Lipinski definition) is 3. The normalized spacial score (nSPS) is 11.3. The number of carbonyl (C=O) groups excluding carboxylic acids is 1. The molecule has 5 heteroatoms. The number of hydrogen-bond donors (Lipinski definition) is 2. The van der Waals surface area contributed by atoms with Gasteiger partial charge in [0.2, 0.25) is 0 Å². The second-order valence-electron chi connectivity index (χ2n) is 4.65. The van der Waals surface area contributed by atoms with E-state index >= 15 is 0 Å². The molecule has 0 unspecified atom stereocenters. The van der Waals surface area contributed by atoms with Gasteiger partial charge in [-0.2, -0.15) is 0 Å². The minimum Gasteiger partial charge on any atom is -0.399 e. The summed E-state index contributed by atoms with van der Waals surface area (Å²) in [5, 5.41) is 2.69. The Morgan fingerprint density at radius 2 is 2.11 bits per heavy atom. The summed E-state index contributed by atoms with van der Waals surface area (Å²) in [6, 6.07) is 3.76. The summed E-state index contributed by atoms with van der Waals surface area (Å²) in [7, 11) is 0. The Bertz CT molecular complexity index is 413. The smallest absolute Gasteiger partial charge is 0.251 e. The fourth-order valence-electron chi connectivity index (χ4n) is 1.58. The number of benzene rings is 1. The van der Waals surface area contributed by atoms with Crippen LogP contribution in [0, 0.1) is 5.82 Å². The predicted molar refractivity (Wildman–Crippen MR) is 68.9 cm³/mol. The SMILES string of the molecule is CCOC(C)(C)CNC(=O)c1cc(N)cc(F)c1. The molecule has 0 aliphatic rings. The van der Waals surface area contributed by atoms with E-state index in [0.717, 1.165) is 6.07 Å². The Kier molecular flexibility index (Phi) is 4.67. The third-order valence-corrected chi connectivity index (χ3v) is 2.39. The Morgan fingerprint density at radius 3 is 2.67 bits per heavy atom. The van der Waals surface area contributed by atoms with Crippen LogP contribution in [0.2, 0.25) is 0 Å². The maximum Gasteiger partial charge on any atom is 0.251 e. The first-order valence-electron chi connectivity index (χ1n) is 5.82. The molecule has 3 N–H and O–H groups in total. The topological polar surface area (TPSA) is 64.3 Å². The van der Waals surface area contributed by atoms with Gasteiger partial charge in [0.1, 0.15) is 5.82 Å². The molecular formula is C13H19FN2O2. The summed E-state index contributed by atoms with van der Waals surface area (Å²) < 4.78 is 18.5. The van der Waals surface area contributed by atoms with Crippen molar-refractivity contribution in [2.45, 2.75) is 26.4 Å². The highest BCUT2D eigenvalue weighted by atomic mass is 19.1. The number of anilines is 1. The maximum absolute atomic E-state index is 13.1. The van der Waals surface area contributed by atoms with Crippen LogP contribution < -0.4 is 11.1 Å². The zero-order valence-corrected chi connectivity index (χ0v) is 10.9. The van der Waals surface area contributed by atoms with E-state index in [2.05, 4.69) is 5.32 Å². The number of halogens is 1. The van der Waals surface area contributed by atoms with Crippen LogP contribution in [0.25, 0.3) is 0 Å². The van der Waals surface area contributed by atoms with E-state index in [1.165, 1.54) is 12.1 Å². The Labute approximate surface area is 106 Å². The number of ether oxygens (including phenoxy) is 1. The summed E-state index contributed by atoms with van der Waals surface area (Å²) >= 11 is 0. The second kappa shape index (κ2) is 5.82. The molecule has 0 heterocycles. The van der Waals surface area contributed by atoms with E-state index in [1.54, 1.807) is 0 Å². The van der Waals surface area contributed by atoms with Crippen LogP contribution in [0.5, 0.6) is 0 Å². The van der Waals surface area contributed by atoms with Crippen LogP contribution >= 0.6 is 0 Å². The summed E-state index contributed by atoms with van der Waals surface area (Å²) in [5.41, 5.74) is 5.46. The molecule has 1 amide bonds. The molecule has 18 heavy (non-hydrogen) atoms. The maximum atomic E-state index is 13.1. The first-order valence-corrected chi connectivity index (χ1v) is 5.82. The lowest BCUT2D eigenvalue weighted by atomic mass is 10.1. The van der Waals surface area contributed by atoms with Crippen molar-refractivity contribution in [2.24, 2.45) is 0 Å². The van der Waals surface area contributed by atoms with Crippen LogP contribution in [0.4, 0.5) is 10.1 Å². The Balaban J connectivity index is 2.66. The first kappa shape index (κ1) is 14.4. The number of nitrogen functional groups attached to an aromatic ring is 1. The molecule has 0 fully saturated rings.